The molecule has 0 saturated carbocycles. The van der Waals surface area contributed by atoms with Gasteiger partial charge in [0.25, 0.3) is 0 Å². The number of pyridine rings is 1. The second kappa shape index (κ2) is 5.04. The van der Waals surface area contributed by atoms with Gasteiger partial charge in [-0.1, -0.05) is 0 Å². The number of hydrogen-bond donors (Lipinski definition) is 2. The highest BCUT2D eigenvalue weighted by Crippen LogP contribution is 2.31. The molecule has 0 aliphatic rings. The lowest BCUT2D eigenvalue weighted by Gasteiger charge is -2.11. The molecule has 0 aliphatic heterocycles. The van der Waals surface area contributed by atoms with Crippen LogP contribution in [0.15, 0.2) is 17.8 Å². The number of nitrogens with two attached hydrogens (primary N) is 1. The Hall–Kier alpha value is -1.83. The van der Waals surface area contributed by atoms with Crippen LogP contribution >= 0.6 is 11.3 Å². The SMILES string of the molecule is Cc1ncsc1CNc1cc(C(F)(F)F)ncc1N. The van der Waals surface area contributed by atoms with Gasteiger partial charge in [-0.15, -0.1) is 11.3 Å². The van der Waals surface area contributed by atoms with Gasteiger partial charge in [0.15, 0.2) is 0 Å². The molecular weight excluding hydrogens is 277 g/mol. The number of aryl methyl sites for hydroxylation is 1. The molecule has 0 aliphatic carbocycles. The van der Waals surface area contributed by atoms with E-state index in [4.69, 9.17) is 5.73 Å². The standard InChI is InChI=1S/C11H11F3N4S/c1-6-9(19-5-18-6)4-16-8-2-10(11(12,13)14)17-3-7(8)15/h2-3,5H,4,15H2,1H3,(H,16,17). The maximum Gasteiger partial charge on any atom is 0.433 e. The van der Waals surface area contributed by atoms with E-state index in [1.807, 2.05) is 6.92 Å². The third kappa shape index (κ3) is 3.14. The smallest absolute Gasteiger partial charge is 0.396 e. The van der Waals surface area contributed by atoms with Gasteiger partial charge in [0, 0.05) is 4.88 Å². The van der Waals surface area contributed by atoms with Gasteiger partial charge < -0.3 is 11.1 Å². The molecule has 0 radical (unpaired) electrons. The Morgan fingerprint density at radius 1 is 1.37 bits per heavy atom. The van der Waals surface area contributed by atoms with Crippen LogP contribution in [-0.4, -0.2) is 9.97 Å². The summed E-state index contributed by atoms with van der Waals surface area (Å²) in [4.78, 5) is 8.28. The van der Waals surface area contributed by atoms with Crippen molar-refractivity contribution in [1.29, 1.82) is 0 Å². The number of alkyl halides is 3. The average molecular weight is 288 g/mol. The molecule has 2 heterocycles. The molecule has 0 bridgehead atoms. The number of nitrogen functional groups attached to an aromatic ring is 1. The van der Waals surface area contributed by atoms with Crippen molar-refractivity contribution in [3.8, 4) is 0 Å². The fourth-order valence-electron chi connectivity index (χ4n) is 1.45. The Labute approximate surface area is 111 Å². The number of nitrogens with zero attached hydrogens (tertiary/aromatic N) is 2. The van der Waals surface area contributed by atoms with Gasteiger partial charge in [-0.2, -0.15) is 13.2 Å². The Morgan fingerprint density at radius 3 is 2.68 bits per heavy atom. The number of nitrogens with one attached hydrogen (secondary N) is 1. The summed E-state index contributed by atoms with van der Waals surface area (Å²) in [5, 5.41) is 2.87. The van der Waals surface area contributed by atoms with Crippen LogP contribution in [0.5, 0.6) is 0 Å². The van der Waals surface area contributed by atoms with E-state index in [1.165, 1.54) is 11.3 Å². The summed E-state index contributed by atoms with van der Waals surface area (Å²) in [6.45, 7) is 2.21. The van der Waals surface area contributed by atoms with E-state index < -0.39 is 11.9 Å². The lowest BCUT2D eigenvalue weighted by atomic mass is 10.2. The topological polar surface area (TPSA) is 63.8 Å². The summed E-state index contributed by atoms with van der Waals surface area (Å²) < 4.78 is 37.6. The third-order valence-corrected chi connectivity index (χ3v) is 3.44. The van der Waals surface area contributed by atoms with Crippen molar-refractivity contribution < 1.29 is 13.2 Å². The van der Waals surface area contributed by atoms with Crippen LogP contribution in [0, 0.1) is 6.92 Å². The average Bonchev–Trinajstić information content (AvgIpc) is 2.72. The first-order chi connectivity index (χ1) is 8.88. The summed E-state index contributed by atoms with van der Waals surface area (Å²) in [7, 11) is 0. The lowest BCUT2D eigenvalue weighted by Crippen LogP contribution is -2.10. The van der Waals surface area contributed by atoms with Gasteiger partial charge >= 0.3 is 6.18 Å². The van der Waals surface area contributed by atoms with Crippen molar-refractivity contribution in [2.45, 2.75) is 19.6 Å². The van der Waals surface area contributed by atoms with Crippen molar-refractivity contribution in [2.24, 2.45) is 0 Å². The molecule has 3 N–H and O–H groups in total. The van der Waals surface area contributed by atoms with Crippen LogP contribution in [0.2, 0.25) is 0 Å². The fraction of sp³-hybridized carbons (Fsp3) is 0.273. The lowest BCUT2D eigenvalue weighted by molar-refractivity contribution is -0.141. The van der Waals surface area contributed by atoms with E-state index >= 15 is 0 Å². The molecule has 0 aromatic carbocycles. The summed E-state index contributed by atoms with van der Waals surface area (Å²) in [6.07, 6.45) is -3.48. The minimum atomic E-state index is -4.48. The number of anilines is 2. The molecule has 0 atom stereocenters. The number of halogens is 3. The molecular formula is C11H11F3N4S. The van der Waals surface area contributed by atoms with Crippen LogP contribution in [0.4, 0.5) is 24.5 Å². The van der Waals surface area contributed by atoms with Crippen LogP contribution in [0.25, 0.3) is 0 Å². The van der Waals surface area contributed by atoms with Gasteiger partial charge in [0.2, 0.25) is 0 Å². The predicted molar refractivity (Wildman–Crippen MR) is 67.8 cm³/mol. The first-order valence-electron chi connectivity index (χ1n) is 5.33. The predicted octanol–water partition coefficient (Wildman–Crippen LogP) is 3.06. The van der Waals surface area contributed by atoms with Gasteiger partial charge in [-0.25, -0.2) is 9.97 Å². The van der Waals surface area contributed by atoms with Crippen LogP contribution in [0.3, 0.4) is 0 Å². The molecule has 2 aromatic heterocycles. The zero-order valence-electron chi connectivity index (χ0n) is 9.95. The number of hydrogen-bond acceptors (Lipinski definition) is 5. The largest absolute Gasteiger partial charge is 0.433 e. The zero-order valence-corrected chi connectivity index (χ0v) is 10.8. The molecule has 4 nitrogen and oxygen atoms in total. The minimum absolute atomic E-state index is 0.176. The maximum atomic E-state index is 12.5. The Morgan fingerprint density at radius 2 is 2.11 bits per heavy atom. The quantitative estimate of drug-likeness (QED) is 0.911. The molecule has 2 rings (SSSR count). The van der Waals surface area contributed by atoms with E-state index in [1.54, 1.807) is 5.51 Å². The number of rotatable bonds is 3. The highest BCUT2D eigenvalue weighted by atomic mass is 32.1. The molecule has 102 valence electrons. The van der Waals surface area contributed by atoms with Crippen molar-refractivity contribution >= 4 is 22.7 Å². The van der Waals surface area contributed by atoms with Gasteiger partial charge in [-0.05, 0) is 13.0 Å². The third-order valence-electron chi connectivity index (χ3n) is 2.51. The maximum absolute atomic E-state index is 12.5. The number of thiazole rings is 1. The van der Waals surface area contributed by atoms with Crippen molar-refractivity contribution in [3.63, 3.8) is 0 Å². The Kier molecular flexibility index (Phi) is 3.61. The van der Waals surface area contributed by atoms with E-state index in [2.05, 4.69) is 15.3 Å². The Balaban J connectivity index is 2.18. The molecule has 2 aromatic rings. The molecule has 0 unspecified atom stereocenters. The fourth-order valence-corrected chi connectivity index (χ4v) is 2.16. The summed E-state index contributed by atoms with van der Waals surface area (Å²) >= 11 is 1.43. The highest BCUT2D eigenvalue weighted by Gasteiger charge is 2.32. The zero-order chi connectivity index (χ0) is 14.0. The summed E-state index contributed by atoms with van der Waals surface area (Å²) in [5.74, 6) is 0. The Bertz CT molecular complexity index is 580. The van der Waals surface area contributed by atoms with Crippen LogP contribution in [-0.2, 0) is 12.7 Å². The van der Waals surface area contributed by atoms with E-state index in [9.17, 15) is 13.2 Å². The molecule has 0 saturated heterocycles. The second-order valence-electron chi connectivity index (χ2n) is 3.87. The molecule has 0 fully saturated rings. The molecule has 0 amide bonds. The normalized spacial score (nSPS) is 11.6. The second-order valence-corrected chi connectivity index (χ2v) is 4.81. The first-order valence-corrected chi connectivity index (χ1v) is 6.21. The van der Waals surface area contributed by atoms with E-state index in [0.717, 1.165) is 22.8 Å². The summed E-state index contributed by atoms with van der Waals surface area (Å²) in [5.41, 5.74) is 7.56. The molecule has 0 spiro atoms. The highest BCUT2D eigenvalue weighted by molar-refractivity contribution is 7.09. The van der Waals surface area contributed by atoms with Crippen molar-refractivity contribution in [1.82, 2.24) is 9.97 Å². The van der Waals surface area contributed by atoms with E-state index in [0.29, 0.717) is 6.54 Å². The van der Waals surface area contributed by atoms with E-state index in [-0.39, 0.29) is 11.4 Å². The first kappa shape index (κ1) is 13.6. The van der Waals surface area contributed by atoms with Gasteiger partial charge in [0.05, 0.1) is 35.3 Å². The molecule has 19 heavy (non-hydrogen) atoms. The van der Waals surface area contributed by atoms with Crippen LogP contribution < -0.4 is 11.1 Å². The minimum Gasteiger partial charge on any atom is -0.396 e. The van der Waals surface area contributed by atoms with Gasteiger partial charge in [0.1, 0.15) is 5.69 Å². The monoisotopic (exact) mass is 288 g/mol. The molecule has 8 heteroatoms. The number of aromatic nitrogens is 2. The van der Waals surface area contributed by atoms with Crippen molar-refractivity contribution in [3.05, 3.63) is 34.0 Å². The van der Waals surface area contributed by atoms with Gasteiger partial charge in [-0.3, -0.25) is 0 Å². The van der Waals surface area contributed by atoms with Crippen molar-refractivity contribution in [2.75, 3.05) is 11.1 Å². The summed E-state index contributed by atoms with van der Waals surface area (Å²) in [6, 6.07) is 0.908. The van der Waals surface area contributed by atoms with Crippen LogP contribution in [0.1, 0.15) is 16.3 Å².